The van der Waals surface area contributed by atoms with Crippen LogP contribution in [0.25, 0.3) is 0 Å². The third kappa shape index (κ3) is 4.28. The Morgan fingerprint density at radius 2 is 1.81 bits per heavy atom. The van der Waals surface area contributed by atoms with E-state index in [1.165, 1.54) is 11.1 Å². The van der Waals surface area contributed by atoms with Crippen molar-refractivity contribution in [3.63, 3.8) is 0 Å². The van der Waals surface area contributed by atoms with Crippen molar-refractivity contribution in [2.24, 2.45) is 0 Å². The SMILES string of the molecule is Cc1ccc(NC(=O)c2ccc(N(C)Cc3ccccc3)cn2)c(C)c1. The second-order valence-corrected chi connectivity index (χ2v) is 6.52. The van der Waals surface area contributed by atoms with Crippen molar-refractivity contribution in [2.75, 3.05) is 17.3 Å². The standard InChI is InChI=1S/C22H23N3O/c1-16-9-11-20(17(2)13-16)24-22(26)21-12-10-19(14-23-21)25(3)15-18-7-5-4-6-8-18/h4-14H,15H2,1-3H3,(H,24,26). The van der Waals surface area contributed by atoms with Gasteiger partial charge in [-0.1, -0.05) is 48.0 Å². The van der Waals surface area contributed by atoms with Gasteiger partial charge < -0.3 is 10.2 Å². The van der Waals surface area contributed by atoms with Crippen molar-refractivity contribution < 1.29 is 4.79 Å². The molecule has 0 saturated heterocycles. The van der Waals surface area contributed by atoms with E-state index in [2.05, 4.69) is 27.3 Å². The van der Waals surface area contributed by atoms with Gasteiger partial charge in [0.1, 0.15) is 5.69 Å². The molecule has 0 saturated carbocycles. The van der Waals surface area contributed by atoms with Crippen molar-refractivity contribution in [2.45, 2.75) is 20.4 Å². The van der Waals surface area contributed by atoms with Crippen molar-refractivity contribution in [1.82, 2.24) is 4.98 Å². The van der Waals surface area contributed by atoms with Crippen LogP contribution < -0.4 is 10.2 Å². The Labute approximate surface area is 154 Å². The Hall–Kier alpha value is -3.14. The number of aromatic nitrogens is 1. The molecule has 0 radical (unpaired) electrons. The van der Waals surface area contributed by atoms with Gasteiger partial charge in [0, 0.05) is 19.3 Å². The molecule has 3 aromatic rings. The number of carbonyl (C=O) groups is 1. The lowest BCUT2D eigenvalue weighted by atomic mass is 10.1. The van der Waals surface area contributed by atoms with Crippen LogP contribution >= 0.6 is 0 Å². The van der Waals surface area contributed by atoms with Gasteiger partial charge in [-0.05, 0) is 43.2 Å². The summed E-state index contributed by atoms with van der Waals surface area (Å²) in [7, 11) is 2.01. The first-order valence-electron chi connectivity index (χ1n) is 8.62. The molecule has 4 heteroatoms. The largest absolute Gasteiger partial charge is 0.369 e. The monoisotopic (exact) mass is 345 g/mol. The van der Waals surface area contributed by atoms with E-state index in [1.54, 1.807) is 12.3 Å². The third-order valence-corrected chi connectivity index (χ3v) is 4.31. The van der Waals surface area contributed by atoms with Crippen LogP contribution in [-0.2, 0) is 6.54 Å². The summed E-state index contributed by atoms with van der Waals surface area (Å²) < 4.78 is 0. The van der Waals surface area contributed by atoms with Crippen LogP contribution in [-0.4, -0.2) is 17.9 Å². The van der Waals surface area contributed by atoms with E-state index in [4.69, 9.17) is 0 Å². The maximum Gasteiger partial charge on any atom is 0.274 e. The molecule has 132 valence electrons. The number of anilines is 2. The summed E-state index contributed by atoms with van der Waals surface area (Å²) in [6.07, 6.45) is 1.74. The van der Waals surface area contributed by atoms with Crippen LogP contribution in [0.4, 0.5) is 11.4 Å². The number of benzene rings is 2. The van der Waals surface area contributed by atoms with Crippen molar-refractivity contribution >= 4 is 17.3 Å². The fourth-order valence-electron chi connectivity index (χ4n) is 2.83. The quantitative estimate of drug-likeness (QED) is 0.736. The lowest BCUT2D eigenvalue weighted by molar-refractivity contribution is 0.102. The van der Waals surface area contributed by atoms with Crippen LogP contribution in [0.2, 0.25) is 0 Å². The zero-order valence-electron chi connectivity index (χ0n) is 15.4. The summed E-state index contributed by atoms with van der Waals surface area (Å²) in [5.74, 6) is -0.200. The average molecular weight is 345 g/mol. The first kappa shape index (κ1) is 17.7. The molecule has 3 rings (SSSR count). The van der Waals surface area contributed by atoms with Crippen LogP contribution in [0.1, 0.15) is 27.2 Å². The zero-order chi connectivity index (χ0) is 18.5. The van der Waals surface area contributed by atoms with Gasteiger partial charge in [-0.2, -0.15) is 0 Å². The van der Waals surface area contributed by atoms with Gasteiger partial charge in [0.2, 0.25) is 0 Å². The molecule has 0 spiro atoms. The average Bonchev–Trinajstić information content (AvgIpc) is 2.65. The van der Waals surface area contributed by atoms with Gasteiger partial charge in [0.25, 0.3) is 5.91 Å². The highest BCUT2D eigenvalue weighted by atomic mass is 16.1. The minimum Gasteiger partial charge on any atom is -0.369 e. The minimum absolute atomic E-state index is 0.200. The maximum absolute atomic E-state index is 12.4. The summed E-state index contributed by atoms with van der Waals surface area (Å²) in [5.41, 5.74) is 5.63. The number of carbonyl (C=O) groups excluding carboxylic acids is 1. The van der Waals surface area contributed by atoms with Gasteiger partial charge in [-0.15, -0.1) is 0 Å². The maximum atomic E-state index is 12.4. The first-order valence-corrected chi connectivity index (χ1v) is 8.62. The number of amides is 1. The Balaban J connectivity index is 1.67. The Morgan fingerprint density at radius 1 is 1.04 bits per heavy atom. The molecule has 4 nitrogen and oxygen atoms in total. The minimum atomic E-state index is -0.200. The van der Waals surface area contributed by atoms with Gasteiger partial charge in [0.15, 0.2) is 0 Å². The van der Waals surface area contributed by atoms with Crippen LogP contribution in [0, 0.1) is 13.8 Å². The highest BCUT2D eigenvalue weighted by Crippen LogP contribution is 2.18. The molecule has 1 amide bonds. The predicted molar refractivity (Wildman–Crippen MR) is 107 cm³/mol. The molecule has 1 aromatic heterocycles. The van der Waals surface area contributed by atoms with E-state index in [-0.39, 0.29) is 5.91 Å². The number of hydrogen-bond donors (Lipinski definition) is 1. The molecule has 1 N–H and O–H groups in total. The van der Waals surface area contributed by atoms with E-state index in [0.29, 0.717) is 5.69 Å². The second-order valence-electron chi connectivity index (χ2n) is 6.52. The molecule has 0 unspecified atom stereocenters. The molecular weight excluding hydrogens is 322 g/mol. The normalized spacial score (nSPS) is 10.4. The van der Waals surface area contributed by atoms with E-state index in [1.807, 2.05) is 63.4 Å². The second kappa shape index (κ2) is 7.83. The van der Waals surface area contributed by atoms with Crippen LogP contribution in [0.5, 0.6) is 0 Å². The number of nitrogens with zero attached hydrogens (tertiary/aromatic N) is 2. The number of hydrogen-bond acceptors (Lipinski definition) is 3. The molecule has 0 fully saturated rings. The molecule has 2 aromatic carbocycles. The van der Waals surface area contributed by atoms with E-state index < -0.39 is 0 Å². The number of nitrogens with one attached hydrogen (secondary N) is 1. The van der Waals surface area contributed by atoms with E-state index >= 15 is 0 Å². The molecular formula is C22H23N3O. The molecule has 1 heterocycles. The van der Waals surface area contributed by atoms with E-state index in [0.717, 1.165) is 23.5 Å². The van der Waals surface area contributed by atoms with Crippen molar-refractivity contribution in [1.29, 1.82) is 0 Å². The van der Waals surface area contributed by atoms with Gasteiger partial charge in [0.05, 0.1) is 11.9 Å². The summed E-state index contributed by atoms with van der Waals surface area (Å²) in [6, 6.07) is 19.9. The Bertz CT molecular complexity index is 889. The first-order chi connectivity index (χ1) is 12.5. The number of rotatable bonds is 5. The summed E-state index contributed by atoms with van der Waals surface area (Å²) in [6.45, 7) is 4.80. The summed E-state index contributed by atoms with van der Waals surface area (Å²) in [5, 5.41) is 2.93. The van der Waals surface area contributed by atoms with Crippen LogP contribution in [0.3, 0.4) is 0 Å². The van der Waals surface area contributed by atoms with Gasteiger partial charge in [-0.3, -0.25) is 4.79 Å². The predicted octanol–water partition coefficient (Wildman–Crippen LogP) is 4.59. The van der Waals surface area contributed by atoms with E-state index in [9.17, 15) is 4.79 Å². The molecule has 0 bridgehead atoms. The Morgan fingerprint density at radius 3 is 2.46 bits per heavy atom. The molecule has 0 atom stereocenters. The van der Waals surface area contributed by atoms with Crippen LogP contribution in [0.15, 0.2) is 66.9 Å². The van der Waals surface area contributed by atoms with Crippen molar-refractivity contribution in [3.05, 3.63) is 89.2 Å². The highest BCUT2D eigenvalue weighted by molar-refractivity contribution is 6.03. The van der Waals surface area contributed by atoms with Crippen molar-refractivity contribution in [3.8, 4) is 0 Å². The topological polar surface area (TPSA) is 45.2 Å². The molecule has 0 aliphatic heterocycles. The zero-order valence-corrected chi connectivity index (χ0v) is 15.4. The smallest absolute Gasteiger partial charge is 0.274 e. The number of aryl methyl sites for hydroxylation is 2. The summed E-state index contributed by atoms with van der Waals surface area (Å²) >= 11 is 0. The Kier molecular flexibility index (Phi) is 5.32. The van der Waals surface area contributed by atoms with Gasteiger partial charge in [-0.25, -0.2) is 4.98 Å². The lowest BCUT2D eigenvalue weighted by Gasteiger charge is -2.19. The van der Waals surface area contributed by atoms with Gasteiger partial charge >= 0.3 is 0 Å². The highest BCUT2D eigenvalue weighted by Gasteiger charge is 2.10. The third-order valence-electron chi connectivity index (χ3n) is 4.31. The fourth-order valence-corrected chi connectivity index (χ4v) is 2.83. The number of pyridine rings is 1. The summed E-state index contributed by atoms with van der Waals surface area (Å²) in [4.78, 5) is 18.9. The molecule has 0 aliphatic rings. The molecule has 26 heavy (non-hydrogen) atoms. The lowest BCUT2D eigenvalue weighted by Crippen LogP contribution is -2.18. The fraction of sp³-hybridized carbons (Fsp3) is 0.182. The molecule has 0 aliphatic carbocycles.